The number of nitrogens with zero attached hydrogens (tertiary/aromatic N) is 3. The Hall–Kier alpha value is -1.37. The van der Waals surface area contributed by atoms with Gasteiger partial charge in [-0.1, -0.05) is 0 Å². The van der Waals surface area contributed by atoms with Gasteiger partial charge in [0, 0.05) is 25.2 Å². The molecule has 0 bridgehead atoms. The van der Waals surface area contributed by atoms with Crippen molar-refractivity contribution < 1.29 is 13.2 Å². The molecule has 0 atom stereocenters. The Morgan fingerprint density at radius 2 is 2.06 bits per heavy atom. The van der Waals surface area contributed by atoms with E-state index >= 15 is 0 Å². The Morgan fingerprint density at radius 1 is 1.38 bits per heavy atom. The number of likely N-dealkylation sites (N-methyl/N-ethyl adjacent to an activating group) is 1. The lowest BCUT2D eigenvalue weighted by atomic mass is 10.1. The largest absolute Gasteiger partial charge is 0.433 e. The van der Waals surface area contributed by atoms with Crippen molar-refractivity contribution >= 4 is 5.82 Å². The summed E-state index contributed by atoms with van der Waals surface area (Å²) in [5.74, 6) is 0.328. The molecule has 16 heavy (non-hydrogen) atoms. The van der Waals surface area contributed by atoms with Crippen LogP contribution in [0.25, 0.3) is 0 Å². The molecule has 0 radical (unpaired) electrons. The SMILES string of the molecule is CNC1CN(c2cc(C(F)(F)F)ncn2)C1. The number of halogens is 3. The maximum atomic E-state index is 12.4. The highest BCUT2D eigenvalue weighted by Gasteiger charge is 2.34. The van der Waals surface area contributed by atoms with Crippen LogP contribution in [-0.2, 0) is 6.18 Å². The topological polar surface area (TPSA) is 41.0 Å². The summed E-state index contributed by atoms with van der Waals surface area (Å²) in [5.41, 5.74) is -0.898. The normalized spacial score (nSPS) is 17.4. The summed E-state index contributed by atoms with van der Waals surface area (Å²) in [7, 11) is 1.82. The Balaban J connectivity index is 2.12. The van der Waals surface area contributed by atoms with Crippen molar-refractivity contribution in [3.8, 4) is 0 Å². The Bertz CT molecular complexity index is 373. The zero-order valence-electron chi connectivity index (χ0n) is 8.62. The van der Waals surface area contributed by atoms with Gasteiger partial charge in [0.05, 0.1) is 0 Å². The van der Waals surface area contributed by atoms with Gasteiger partial charge in [-0.05, 0) is 7.05 Å². The molecule has 0 spiro atoms. The fraction of sp³-hybridized carbons (Fsp3) is 0.556. The first-order valence-electron chi connectivity index (χ1n) is 4.82. The number of hydrogen-bond donors (Lipinski definition) is 1. The van der Waals surface area contributed by atoms with Crippen LogP contribution in [0.2, 0.25) is 0 Å². The molecule has 7 heteroatoms. The van der Waals surface area contributed by atoms with Gasteiger partial charge in [-0.25, -0.2) is 9.97 Å². The summed E-state index contributed by atoms with van der Waals surface area (Å²) >= 11 is 0. The molecule has 0 aromatic carbocycles. The summed E-state index contributed by atoms with van der Waals surface area (Å²) in [5, 5.41) is 3.04. The van der Waals surface area contributed by atoms with Gasteiger partial charge in [-0.3, -0.25) is 0 Å². The number of anilines is 1. The molecule has 1 saturated heterocycles. The van der Waals surface area contributed by atoms with Crippen LogP contribution < -0.4 is 10.2 Å². The average molecular weight is 232 g/mol. The van der Waals surface area contributed by atoms with Crippen molar-refractivity contribution in [2.75, 3.05) is 25.0 Å². The standard InChI is InChI=1S/C9H11F3N4/c1-13-6-3-16(4-6)8-2-7(9(10,11)12)14-5-15-8/h2,5-6,13H,3-4H2,1H3. The van der Waals surface area contributed by atoms with Crippen LogP contribution in [0.5, 0.6) is 0 Å². The van der Waals surface area contributed by atoms with Gasteiger partial charge in [-0.15, -0.1) is 0 Å². The molecule has 4 nitrogen and oxygen atoms in total. The first kappa shape index (κ1) is 11.1. The molecular formula is C9H11F3N4. The summed E-state index contributed by atoms with van der Waals surface area (Å²) in [4.78, 5) is 8.82. The lowest BCUT2D eigenvalue weighted by Crippen LogP contribution is -2.57. The van der Waals surface area contributed by atoms with Gasteiger partial charge in [0.25, 0.3) is 0 Å². The molecule has 2 rings (SSSR count). The average Bonchev–Trinajstić information content (AvgIpc) is 2.15. The number of nitrogens with one attached hydrogen (secondary N) is 1. The molecular weight excluding hydrogens is 221 g/mol. The maximum Gasteiger partial charge on any atom is 0.433 e. The van der Waals surface area contributed by atoms with E-state index < -0.39 is 11.9 Å². The summed E-state index contributed by atoms with van der Waals surface area (Å²) in [6.45, 7) is 1.34. The van der Waals surface area contributed by atoms with E-state index in [1.54, 1.807) is 4.90 Å². The molecule has 1 N–H and O–H groups in total. The Labute approximate surface area is 90.5 Å². The highest BCUT2D eigenvalue weighted by atomic mass is 19.4. The molecule has 1 aliphatic heterocycles. The number of rotatable bonds is 2. The van der Waals surface area contributed by atoms with Gasteiger partial charge in [0.2, 0.25) is 0 Å². The van der Waals surface area contributed by atoms with Gasteiger partial charge in [0.15, 0.2) is 0 Å². The molecule has 0 unspecified atom stereocenters. The zero-order valence-corrected chi connectivity index (χ0v) is 8.62. The summed E-state index contributed by atoms with van der Waals surface area (Å²) in [6, 6.07) is 1.30. The van der Waals surface area contributed by atoms with Crippen molar-refractivity contribution in [1.29, 1.82) is 0 Å². The van der Waals surface area contributed by atoms with Crippen LogP contribution in [0.1, 0.15) is 5.69 Å². The van der Waals surface area contributed by atoms with Crippen LogP contribution in [0, 0.1) is 0 Å². The third-order valence-electron chi connectivity index (χ3n) is 2.56. The fourth-order valence-corrected chi connectivity index (χ4v) is 1.52. The number of hydrogen-bond acceptors (Lipinski definition) is 4. The highest BCUT2D eigenvalue weighted by Crippen LogP contribution is 2.29. The first-order chi connectivity index (χ1) is 7.50. The van der Waals surface area contributed by atoms with Crippen LogP contribution >= 0.6 is 0 Å². The maximum absolute atomic E-state index is 12.4. The molecule has 0 amide bonds. The minimum Gasteiger partial charge on any atom is -0.353 e. The molecule has 1 aliphatic rings. The second kappa shape index (κ2) is 3.89. The summed E-state index contributed by atoms with van der Waals surface area (Å²) in [6.07, 6.45) is -3.46. The van der Waals surface area contributed by atoms with Crippen LogP contribution in [0.15, 0.2) is 12.4 Å². The molecule has 1 aromatic heterocycles. The Kier molecular flexibility index (Phi) is 2.71. The Morgan fingerprint density at radius 3 is 2.62 bits per heavy atom. The first-order valence-corrected chi connectivity index (χ1v) is 4.82. The van der Waals surface area contributed by atoms with Crippen LogP contribution in [0.4, 0.5) is 19.0 Å². The molecule has 88 valence electrons. The van der Waals surface area contributed by atoms with Gasteiger partial charge in [-0.2, -0.15) is 13.2 Å². The smallest absolute Gasteiger partial charge is 0.353 e. The monoisotopic (exact) mass is 232 g/mol. The van der Waals surface area contributed by atoms with E-state index in [1.165, 1.54) is 0 Å². The fourth-order valence-electron chi connectivity index (χ4n) is 1.52. The second-order valence-corrected chi connectivity index (χ2v) is 3.65. The van der Waals surface area contributed by atoms with Crippen molar-refractivity contribution in [2.24, 2.45) is 0 Å². The zero-order chi connectivity index (χ0) is 11.8. The minimum absolute atomic E-state index is 0.323. The van der Waals surface area contributed by atoms with E-state index in [2.05, 4.69) is 15.3 Å². The van der Waals surface area contributed by atoms with E-state index in [0.29, 0.717) is 24.9 Å². The molecule has 2 heterocycles. The predicted molar refractivity (Wildman–Crippen MR) is 52.1 cm³/mol. The number of alkyl halides is 3. The van der Waals surface area contributed by atoms with Gasteiger partial charge in [0.1, 0.15) is 17.8 Å². The second-order valence-electron chi connectivity index (χ2n) is 3.65. The van der Waals surface area contributed by atoms with Crippen molar-refractivity contribution in [2.45, 2.75) is 12.2 Å². The van der Waals surface area contributed by atoms with Crippen molar-refractivity contribution in [1.82, 2.24) is 15.3 Å². The summed E-state index contributed by atoms with van der Waals surface area (Å²) < 4.78 is 37.1. The predicted octanol–water partition coefficient (Wildman–Crippen LogP) is 0.903. The minimum atomic E-state index is -4.41. The third-order valence-corrected chi connectivity index (χ3v) is 2.56. The van der Waals surface area contributed by atoms with E-state index in [9.17, 15) is 13.2 Å². The van der Waals surface area contributed by atoms with E-state index in [4.69, 9.17) is 0 Å². The lowest BCUT2D eigenvalue weighted by molar-refractivity contribution is -0.141. The van der Waals surface area contributed by atoms with E-state index in [1.807, 2.05) is 7.05 Å². The van der Waals surface area contributed by atoms with Crippen LogP contribution in [-0.4, -0.2) is 36.1 Å². The third kappa shape index (κ3) is 2.08. The van der Waals surface area contributed by atoms with E-state index in [0.717, 1.165) is 12.4 Å². The molecule has 0 saturated carbocycles. The molecule has 0 aliphatic carbocycles. The quantitative estimate of drug-likeness (QED) is 0.822. The lowest BCUT2D eigenvalue weighted by Gasteiger charge is -2.39. The van der Waals surface area contributed by atoms with Crippen LogP contribution in [0.3, 0.4) is 0 Å². The van der Waals surface area contributed by atoms with Gasteiger partial charge >= 0.3 is 6.18 Å². The van der Waals surface area contributed by atoms with Crippen molar-refractivity contribution in [3.63, 3.8) is 0 Å². The van der Waals surface area contributed by atoms with Crippen molar-refractivity contribution in [3.05, 3.63) is 18.1 Å². The highest BCUT2D eigenvalue weighted by molar-refractivity contribution is 5.43. The molecule has 1 fully saturated rings. The van der Waals surface area contributed by atoms with Gasteiger partial charge < -0.3 is 10.2 Å². The van der Waals surface area contributed by atoms with E-state index in [-0.39, 0.29) is 0 Å². The number of aromatic nitrogens is 2. The molecule has 1 aromatic rings.